The highest BCUT2D eigenvalue weighted by Gasteiger charge is 2.24. The Labute approximate surface area is 87.3 Å². The van der Waals surface area contributed by atoms with Gasteiger partial charge in [-0.25, -0.2) is 0 Å². The van der Waals surface area contributed by atoms with Crippen LogP contribution in [0.5, 0.6) is 0 Å². The van der Waals surface area contributed by atoms with Crippen molar-refractivity contribution < 1.29 is 10.0 Å². The van der Waals surface area contributed by atoms with Gasteiger partial charge in [-0.15, -0.1) is 0 Å². The third-order valence-electron chi connectivity index (χ3n) is 2.31. The number of nitrogens with zero attached hydrogens (tertiary/aromatic N) is 2. The Morgan fingerprint density at radius 1 is 1.79 bits per heavy atom. The first-order valence-corrected chi connectivity index (χ1v) is 5.60. The zero-order chi connectivity index (χ0) is 10.6. The topological polar surface area (TPSA) is 78.9 Å². The van der Waals surface area contributed by atoms with Crippen molar-refractivity contribution in [2.45, 2.75) is 18.9 Å². The van der Waals surface area contributed by atoms with Gasteiger partial charge < -0.3 is 15.8 Å². The Bertz CT molecular complexity index is 239. The predicted molar refractivity (Wildman–Crippen MR) is 56.5 cm³/mol. The van der Waals surface area contributed by atoms with Crippen LogP contribution in [0.4, 0.5) is 0 Å². The van der Waals surface area contributed by atoms with Gasteiger partial charge in [0.2, 0.25) is 5.91 Å². The lowest BCUT2D eigenvalue weighted by Crippen LogP contribution is -2.38. The van der Waals surface area contributed by atoms with E-state index >= 15 is 0 Å². The average Bonchev–Trinajstić information content (AvgIpc) is 2.69. The molecule has 80 valence electrons. The van der Waals surface area contributed by atoms with Crippen molar-refractivity contribution in [2.24, 2.45) is 10.9 Å². The second-order valence-corrected chi connectivity index (χ2v) is 4.44. The van der Waals surface area contributed by atoms with Gasteiger partial charge in [0.25, 0.3) is 0 Å². The maximum Gasteiger partial charge on any atom is 0.230 e. The first-order chi connectivity index (χ1) is 6.65. The van der Waals surface area contributed by atoms with Crippen molar-refractivity contribution in [3.05, 3.63) is 0 Å². The predicted octanol–water partition coefficient (Wildman–Crippen LogP) is 0.0868. The standard InChI is InChI=1S/C8H15N3O2S/c1-11(6-2-3-14-5-6)8(12)4-7(9)10-13/h6,13H,2-5H2,1H3,(H2,9,10)/t6-/m1/s1. The van der Waals surface area contributed by atoms with E-state index in [2.05, 4.69) is 5.16 Å². The van der Waals surface area contributed by atoms with Crippen molar-refractivity contribution >= 4 is 23.5 Å². The fraction of sp³-hybridized carbons (Fsp3) is 0.750. The van der Waals surface area contributed by atoms with Crippen molar-refractivity contribution in [3.8, 4) is 0 Å². The maximum absolute atomic E-state index is 11.5. The Balaban J connectivity index is 2.43. The highest BCUT2D eigenvalue weighted by molar-refractivity contribution is 7.99. The molecular formula is C8H15N3O2S. The Morgan fingerprint density at radius 2 is 2.50 bits per heavy atom. The number of amidine groups is 1. The summed E-state index contributed by atoms with van der Waals surface area (Å²) >= 11 is 1.85. The van der Waals surface area contributed by atoms with Crippen LogP contribution in [0.25, 0.3) is 0 Å². The van der Waals surface area contributed by atoms with E-state index < -0.39 is 0 Å². The monoisotopic (exact) mass is 217 g/mol. The number of amides is 1. The molecular weight excluding hydrogens is 202 g/mol. The zero-order valence-electron chi connectivity index (χ0n) is 8.14. The first kappa shape index (κ1) is 11.2. The molecule has 0 aromatic carbocycles. The van der Waals surface area contributed by atoms with Crippen LogP contribution in [0.3, 0.4) is 0 Å². The second-order valence-electron chi connectivity index (χ2n) is 3.29. The van der Waals surface area contributed by atoms with Crippen LogP contribution in [-0.4, -0.2) is 46.4 Å². The summed E-state index contributed by atoms with van der Waals surface area (Å²) in [4.78, 5) is 13.2. The minimum Gasteiger partial charge on any atom is -0.409 e. The molecule has 3 N–H and O–H groups in total. The molecule has 0 saturated carbocycles. The molecule has 0 unspecified atom stereocenters. The number of hydrogen-bond donors (Lipinski definition) is 2. The minimum absolute atomic E-state index is 0.00579. The third kappa shape index (κ3) is 2.80. The fourth-order valence-corrected chi connectivity index (χ4v) is 2.61. The minimum atomic E-state index is -0.0900. The smallest absolute Gasteiger partial charge is 0.230 e. The number of thioether (sulfide) groups is 1. The van der Waals surface area contributed by atoms with Crippen LogP contribution >= 0.6 is 11.8 Å². The maximum atomic E-state index is 11.5. The van der Waals surface area contributed by atoms with E-state index in [0.717, 1.165) is 17.9 Å². The Hall–Kier alpha value is -0.910. The molecule has 1 aliphatic rings. The summed E-state index contributed by atoms with van der Waals surface area (Å²) in [5, 5.41) is 11.1. The van der Waals surface area contributed by atoms with Crippen LogP contribution < -0.4 is 5.73 Å². The molecule has 1 atom stereocenters. The van der Waals surface area contributed by atoms with Crippen molar-refractivity contribution in [1.82, 2.24) is 4.90 Å². The molecule has 0 aliphatic carbocycles. The molecule has 1 fully saturated rings. The summed E-state index contributed by atoms with van der Waals surface area (Å²) in [5.41, 5.74) is 5.26. The van der Waals surface area contributed by atoms with Crippen molar-refractivity contribution in [2.75, 3.05) is 18.6 Å². The van der Waals surface area contributed by atoms with E-state index in [1.165, 1.54) is 0 Å². The Morgan fingerprint density at radius 3 is 3.00 bits per heavy atom. The third-order valence-corrected chi connectivity index (χ3v) is 3.45. The van der Waals surface area contributed by atoms with Gasteiger partial charge in [-0.3, -0.25) is 4.79 Å². The molecule has 1 aliphatic heterocycles. The highest BCUT2D eigenvalue weighted by Crippen LogP contribution is 2.21. The number of rotatable bonds is 3. The summed E-state index contributed by atoms with van der Waals surface area (Å²) in [5.74, 6) is 1.96. The molecule has 1 saturated heterocycles. The second kappa shape index (κ2) is 5.09. The van der Waals surface area contributed by atoms with Gasteiger partial charge in [0.05, 0.1) is 6.42 Å². The number of carbonyl (C=O) groups is 1. The van der Waals surface area contributed by atoms with Gasteiger partial charge in [-0.05, 0) is 12.2 Å². The van der Waals surface area contributed by atoms with Gasteiger partial charge in [-0.1, -0.05) is 5.16 Å². The molecule has 1 heterocycles. The van der Waals surface area contributed by atoms with E-state index in [9.17, 15) is 4.79 Å². The van der Waals surface area contributed by atoms with Gasteiger partial charge in [0, 0.05) is 18.8 Å². The molecule has 0 aromatic heterocycles. The van der Waals surface area contributed by atoms with Gasteiger partial charge in [-0.2, -0.15) is 11.8 Å². The van der Waals surface area contributed by atoms with Crippen LogP contribution in [0, 0.1) is 0 Å². The quantitative estimate of drug-likeness (QED) is 0.304. The first-order valence-electron chi connectivity index (χ1n) is 4.45. The molecule has 14 heavy (non-hydrogen) atoms. The number of hydrogen-bond acceptors (Lipinski definition) is 4. The van der Waals surface area contributed by atoms with E-state index in [0.29, 0.717) is 6.04 Å². The van der Waals surface area contributed by atoms with E-state index in [1.807, 2.05) is 11.8 Å². The van der Waals surface area contributed by atoms with Gasteiger partial charge >= 0.3 is 0 Å². The summed E-state index contributed by atoms with van der Waals surface area (Å²) in [6, 6.07) is 0.305. The van der Waals surface area contributed by atoms with E-state index in [1.54, 1.807) is 11.9 Å². The lowest BCUT2D eigenvalue weighted by atomic mass is 10.2. The molecule has 6 heteroatoms. The SMILES string of the molecule is CN(C(=O)C/C(N)=N\O)[C@@H]1CCSC1. The molecule has 1 amide bonds. The zero-order valence-corrected chi connectivity index (χ0v) is 8.96. The molecule has 1 rings (SSSR count). The van der Waals surface area contributed by atoms with Crippen LogP contribution in [-0.2, 0) is 4.79 Å². The normalized spacial score (nSPS) is 22.4. The molecule has 0 radical (unpaired) electrons. The van der Waals surface area contributed by atoms with Gasteiger partial charge in [0.15, 0.2) is 0 Å². The number of oxime groups is 1. The number of carbonyl (C=O) groups excluding carboxylic acids is 1. The van der Waals surface area contributed by atoms with E-state index in [-0.39, 0.29) is 18.2 Å². The fourth-order valence-electron chi connectivity index (χ4n) is 1.35. The molecule has 0 bridgehead atoms. The van der Waals surface area contributed by atoms with E-state index in [4.69, 9.17) is 10.9 Å². The lowest BCUT2D eigenvalue weighted by molar-refractivity contribution is -0.130. The molecule has 5 nitrogen and oxygen atoms in total. The average molecular weight is 217 g/mol. The highest BCUT2D eigenvalue weighted by atomic mass is 32.2. The van der Waals surface area contributed by atoms with Gasteiger partial charge in [0.1, 0.15) is 5.84 Å². The summed E-state index contributed by atoms with van der Waals surface area (Å²) < 4.78 is 0. The summed E-state index contributed by atoms with van der Waals surface area (Å²) in [7, 11) is 1.77. The van der Waals surface area contributed by atoms with Crippen LogP contribution in [0.15, 0.2) is 5.16 Å². The van der Waals surface area contributed by atoms with Crippen LogP contribution in [0.1, 0.15) is 12.8 Å². The summed E-state index contributed by atoms with van der Waals surface area (Å²) in [6.45, 7) is 0. The van der Waals surface area contributed by atoms with Crippen molar-refractivity contribution in [1.29, 1.82) is 0 Å². The molecule has 0 aromatic rings. The van der Waals surface area contributed by atoms with Crippen LogP contribution in [0.2, 0.25) is 0 Å². The Kier molecular flexibility index (Phi) is 4.06. The lowest BCUT2D eigenvalue weighted by Gasteiger charge is -2.23. The van der Waals surface area contributed by atoms with Crippen molar-refractivity contribution in [3.63, 3.8) is 0 Å². The molecule has 0 spiro atoms. The largest absolute Gasteiger partial charge is 0.409 e. The number of nitrogens with two attached hydrogens (primary N) is 1. The summed E-state index contributed by atoms with van der Waals surface area (Å²) in [6.07, 6.45) is 1.03.